The van der Waals surface area contributed by atoms with Crippen molar-refractivity contribution in [1.29, 1.82) is 0 Å². The zero-order valence-corrected chi connectivity index (χ0v) is 17.0. The van der Waals surface area contributed by atoms with Crippen LogP contribution in [0.15, 0.2) is 24.3 Å². The number of nitrogens with one attached hydrogen (secondary N) is 3. The molecule has 0 bridgehead atoms. The molecule has 1 aromatic rings. The van der Waals surface area contributed by atoms with Gasteiger partial charge in [-0.15, -0.1) is 0 Å². The number of carbonyl (C=O) groups is 2. The van der Waals surface area contributed by atoms with E-state index < -0.39 is 0 Å². The molecular weight excluding hydrogens is 344 g/mol. The van der Waals surface area contributed by atoms with Gasteiger partial charge in [0, 0.05) is 44.3 Å². The van der Waals surface area contributed by atoms with Crippen LogP contribution in [0.1, 0.15) is 43.6 Å². The van der Waals surface area contributed by atoms with Gasteiger partial charge in [-0.2, -0.15) is 0 Å². The van der Waals surface area contributed by atoms with E-state index in [0.29, 0.717) is 18.7 Å². The highest BCUT2D eigenvalue weighted by Gasteiger charge is 2.33. The van der Waals surface area contributed by atoms with E-state index in [0.717, 1.165) is 18.7 Å². The standard InChI is InChI=1S/C20H32N4O3/c1-14-11-24(12-15(2)27-14)20(3,4)13-23-19(26)22-10-16-6-8-17(9-7-16)18(25)21-5/h6-9,14-15H,10-13H2,1-5H3,(H,21,25)(H2,22,23,26). The molecule has 0 spiro atoms. The summed E-state index contributed by atoms with van der Waals surface area (Å²) in [5.41, 5.74) is 1.38. The van der Waals surface area contributed by atoms with E-state index in [1.807, 2.05) is 12.1 Å². The van der Waals surface area contributed by atoms with Gasteiger partial charge in [-0.1, -0.05) is 12.1 Å². The fourth-order valence-corrected chi connectivity index (χ4v) is 3.24. The lowest BCUT2D eigenvalue weighted by molar-refractivity contribution is -0.0947. The highest BCUT2D eigenvalue weighted by molar-refractivity contribution is 5.93. The topological polar surface area (TPSA) is 82.7 Å². The van der Waals surface area contributed by atoms with Gasteiger partial charge in [0.05, 0.1) is 12.2 Å². The van der Waals surface area contributed by atoms with Crippen LogP contribution in [0.25, 0.3) is 0 Å². The third kappa shape index (κ3) is 6.22. The van der Waals surface area contributed by atoms with Crippen molar-refractivity contribution in [3.8, 4) is 0 Å². The van der Waals surface area contributed by atoms with E-state index in [9.17, 15) is 9.59 Å². The van der Waals surface area contributed by atoms with Crippen molar-refractivity contribution < 1.29 is 14.3 Å². The summed E-state index contributed by atoms with van der Waals surface area (Å²) in [4.78, 5) is 26.1. The molecule has 7 heteroatoms. The molecule has 1 aromatic carbocycles. The highest BCUT2D eigenvalue weighted by Crippen LogP contribution is 2.20. The molecule has 0 aliphatic carbocycles. The highest BCUT2D eigenvalue weighted by atomic mass is 16.5. The van der Waals surface area contributed by atoms with Gasteiger partial charge < -0.3 is 20.7 Å². The first-order valence-electron chi connectivity index (χ1n) is 9.44. The van der Waals surface area contributed by atoms with Gasteiger partial charge in [-0.25, -0.2) is 4.79 Å². The van der Waals surface area contributed by atoms with Gasteiger partial charge in [0.2, 0.25) is 0 Å². The van der Waals surface area contributed by atoms with Crippen LogP contribution in [0.3, 0.4) is 0 Å². The number of morpholine rings is 1. The first kappa shape index (κ1) is 21.2. The van der Waals surface area contributed by atoms with E-state index >= 15 is 0 Å². The van der Waals surface area contributed by atoms with Crippen LogP contribution in [0.4, 0.5) is 4.79 Å². The molecular formula is C20H32N4O3. The summed E-state index contributed by atoms with van der Waals surface area (Å²) in [5.74, 6) is -0.124. The first-order valence-corrected chi connectivity index (χ1v) is 9.44. The summed E-state index contributed by atoms with van der Waals surface area (Å²) in [5, 5.41) is 8.41. The number of carbonyl (C=O) groups excluding carboxylic acids is 2. The maximum atomic E-state index is 12.2. The van der Waals surface area contributed by atoms with Crippen LogP contribution in [0, 0.1) is 0 Å². The third-order valence-corrected chi connectivity index (χ3v) is 4.85. The second-order valence-corrected chi connectivity index (χ2v) is 7.79. The SMILES string of the molecule is CNC(=O)c1ccc(CNC(=O)NCC(C)(C)N2CC(C)OC(C)C2)cc1. The Morgan fingerprint density at radius 2 is 1.70 bits per heavy atom. The van der Waals surface area contributed by atoms with E-state index in [1.165, 1.54) is 0 Å². The zero-order valence-electron chi connectivity index (χ0n) is 17.0. The number of hydrogen-bond acceptors (Lipinski definition) is 4. The lowest BCUT2D eigenvalue weighted by Crippen LogP contribution is -2.59. The predicted octanol–water partition coefficient (Wildman–Crippen LogP) is 1.73. The monoisotopic (exact) mass is 376 g/mol. The minimum atomic E-state index is -0.201. The van der Waals surface area contributed by atoms with Gasteiger partial charge in [0.25, 0.3) is 5.91 Å². The molecule has 2 rings (SSSR count). The fourth-order valence-electron chi connectivity index (χ4n) is 3.24. The van der Waals surface area contributed by atoms with Crippen molar-refractivity contribution in [3.63, 3.8) is 0 Å². The predicted molar refractivity (Wildman–Crippen MR) is 106 cm³/mol. The second kappa shape index (κ2) is 9.19. The molecule has 7 nitrogen and oxygen atoms in total. The average Bonchev–Trinajstić information content (AvgIpc) is 2.63. The summed E-state index contributed by atoms with van der Waals surface area (Å²) < 4.78 is 5.79. The lowest BCUT2D eigenvalue weighted by atomic mass is 10.00. The Morgan fingerprint density at radius 1 is 1.11 bits per heavy atom. The molecule has 0 saturated carbocycles. The van der Waals surface area contributed by atoms with Crippen molar-refractivity contribution in [2.75, 3.05) is 26.7 Å². The van der Waals surface area contributed by atoms with Gasteiger partial charge >= 0.3 is 6.03 Å². The lowest BCUT2D eigenvalue weighted by Gasteiger charge is -2.45. The molecule has 1 aliphatic heterocycles. The molecule has 2 unspecified atom stereocenters. The Morgan fingerprint density at radius 3 is 2.26 bits per heavy atom. The van der Waals surface area contributed by atoms with Gasteiger partial charge in [-0.05, 0) is 45.4 Å². The first-order chi connectivity index (χ1) is 12.7. The van der Waals surface area contributed by atoms with Gasteiger partial charge in [0.15, 0.2) is 0 Å². The largest absolute Gasteiger partial charge is 0.373 e. The Balaban J connectivity index is 1.79. The Labute approximate surface area is 161 Å². The average molecular weight is 377 g/mol. The van der Waals surface area contributed by atoms with Crippen LogP contribution < -0.4 is 16.0 Å². The normalized spacial score (nSPS) is 20.8. The quantitative estimate of drug-likeness (QED) is 0.706. The molecule has 0 radical (unpaired) electrons. The minimum Gasteiger partial charge on any atom is -0.373 e. The van der Waals surface area contributed by atoms with Crippen LogP contribution in [-0.2, 0) is 11.3 Å². The molecule has 27 heavy (non-hydrogen) atoms. The Kier molecular flexibility index (Phi) is 7.21. The van der Waals surface area contributed by atoms with E-state index in [2.05, 4.69) is 48.5 Å². The minimum absolute atomic E-state index is 0.124. The number of urea groups is 1. The smallest absolute Gasteiger partial charge is 0.315 e. The summed E-state index contributed by atoms with van der Waals surface area (Å²) in [7, 11) is 1.60. The molecule has 1 heterocycles. The summed E-state index contributed by atoms with van der Waals surface area (Å²) in [6.07, 6.45) is 0.388. The number of hydrogen-bond donors (Lipinski definition) is 3. The van der Waals surface area contributed by atoms with E-state index in [4.69, 9.17) is 4.74 Å². The van der Waals surface area contributed by atoms with Gasteiger partial charge in [0.1, 0.15) is 0 Å². The number of nitrogens with zero attached hydrogens (tertiary/aromatic N) is 1. The number of rotatable bonds is 6. The summed E-state index contributed by atoms with van der Waals surface area (Å²) in [6.45, 7) is 11.1. The van der Waals surface area contributed by atoms with E-state index in [1.54, 1.807) is 19.2 Å². The van der Waals surface area contributed by atoms with Crippen LogP contribution >= 0.6 is 0 Å². The fraction of sp³-hybridized carbons (Fsp3) is 0.600. The van der Waals surface area contributed by atoms with Crippen molar-refractivity contribution in [1.82, 2.24) is 20.9 Å². The van der Waals surface area contributed by atoms with Crippen LogP contribution in [0.5, 0.6) is 0 Å². The maximum Gasteiger partial charge on any atom is 0.315 e. The summed E-state index contributed by atoms with van der Waals surface area (Å²) >= 11 is 0. The molecule has 1 saturated heterocycles. The molecule has 2 atom stereocenters. The van der Waals surface area contributed by atoms with Crippen LogP contribution in [-0.4, -0.2) is 61.3 Å². The van der Waals surface area contributed by atoms with Crippen molar-refractivity contribution in [2.24, 2.45) is 0 Å². The summed E-state index contributed by atoms with van der Waals surface area (Å²) in [6, 6.07) is 6.97. The molecule has 3 N–H and O–H groups in total. The molecule has 1 fully saturated rings. The molecule has 0 aromatic heterocycles. The van der Waals surface area contributed by atoms with Crippen molar-refractivity contribution in [3.05, 3.63) is 35.4 Å². The molecule has 3 amide bonds. The number of ether oxygens (including phenoxy) is 1. The number of benzene rings is 1. The van der Waals surface area contributed by atoms with E-state index in [-0.39, 0.29) is 29.7 Å². The Hall–Kier alpha value is -2.12. The molecule has 1 aliphatic rings. The molecule has 150 valence electrons. The zero-order chi connectivity index (χ0) is 20.0. The van der Waals surface area contributed by atoms with Gasteiger partial charge in [-0.3, -0.25) is 9.69 Å². The number of amides is 3. The maximum absolute atomic E-state index is 12.2. The Bertz CT molecular complexity index is 635. The van der Waals surface area contributed by atoms with Crippen LogP contribution in [0.2, 0.25) is 0 Å². The van der Waals surface area contributed by atoms with Crippen molar-refractivity contribution >= 4 is 11.9 Å². The third-order valence-electron chi connectivity index (χ3n) is 4.85. The second-order valence-electron chi connectivity index (χ2n) is 7.79. The van der Waals surface area contributed by atoms with Crippen molar-refractivity contribution in [2.45, 2.75) is 52.0 Å².